The number of tetrazole rings is 1. The highest BCUT2D eigenvalue weighted by Gasteiger charge is 2.33. The quantitative estimate of drug-likeness (QED) is 0.441. The van der Waals surface area contributed by atoms with Crippen molar-refractivity contribution in [3.63, 3.8) is 0 Å². The van der Waals surface area contributed by atoms with Crippen LogP contribution in [-0.4, -0.2) is 57.1 Å². The van der Waals surface area contributed by atoms with Gasteiger partial charge in [0, 0.05) is 23.6 Å². The fourth-order valence-corrected chi connectivity index (χ4v) is 5.20. The highest BCUT2D eigenvalue weighted by molar-refractivity contribution is 5.83. The molecule has 0 radical (unpaired) electrons. The molecule has 0 saturated carbocycles. The van der Waals surface area contributed by atoms with Gasteiger partial charge in [0.1, 0.15) is 11.8 Å². The molecule has 6 rings (SSSR count). The summed E-state index contributed by atoms with van der Waals surface area (Å²) >= 11 is 0. The van der Waals surface area contributed by atoms with Gasteiger partial charge in [-0.2, -0.15) is 0 Å². The van der Waals surface area contributed by atoms with Gasteiger partial charge in [0.15, 0.2) is 17.3 Å². The van der Waals surface area contributed by atoms with Gasteiger partial charge in [-0.25, -0.2) is 4.68 Å². The van der Waals surface area contributed by atoms with Crippen molar-refractivity contribution in [2.75, 3.05) is 27.0 Å². The van der Waals surface area contributed by atoms with Gasteiger partial charge in [-0.1, -0.05) is 19.1 Å². The molecule has 36 heavy (non-hydrogen) atoms. The summed E-state index contributed by atoms with van der Waals surface area (Å²) < 4.78 is 18.1. The highest BCUT2D eigenvalue weighted by Crippen LogP contribution is 2.37. The van der Waals surface area contributed by atoms with E-state index >= 15 is 0 Å². The third-order valence-corrected chi connectivity index (χ3v) is 7.01. The molecule has 0 amide bonds. The lowest BCUT2D eigenvalue weighted by atomic mass is 9.95. The molecule has 2 aromatic carbocycles. The number of H-pyrrole nitrogens is 1. The molecule has 2 aromatic heterocycles. The predicted octanol–water partition coefficient (Wildman–Crippen LogP) is 3.12. The van der Waals surface area contributed by atoms with Crippen LogP contribution < -0.4 is 19.8 Å². The number of methoxy groups -OCH3 is 1. The largest absolute Gasteiger partial charge is 0.497 e. The zero-order valence-electron chi connectivity index (χ0n) is 20.3. The van der Waals surface area contributed by atoms with E-state index in [1.54, 1.807) is 11.8 Å². The number of piperidine rings is 1. The lowest BCUT2D eigenvalue weighted by Gasteiger charge is -2.36. The van der Waals surface area contributed by atoms with E-state index in [1.807, 2.05) is 42.5 Å². The fraction of sp³-hybridized carbons (Fsp3) is 0.385. The van der Waals surface area contributed by atoms with Crippen LogP contribution in [0.2, 0.25) is 0 Å². The number of aromatic nitrogens is 5. The lowest BCUT2D eigenvalue weighted by Crippen LogP contribution is -2.41. The fourth-order valence-electron chi connectivity index (χ4n) is 5.20. The molecule has 10 nitrogen and oxygen atoms in total. The minimum absolute atomic E-state index is 0.163. The molecule has 1 N–H and O–H groups in total. The number of aromatic amines is 1. The summed E-state index contributed by atoms with van der Waals surface area (Å²) in [5.74, 6) is 3.26. The Hall–Kier alpha value is -3.92. The van der Waals surface area contributed by atoms with Crippen molar-refractivity contribution < 1.29 is 14.2 Å². The second kappa shape index (κ2) is 9.27. The molecular weight excluding hydrogens is 460 g/mol. The maximum absolute atomic E-state index is 13.5. The van der Waals surface area contributed by atoms with E-state index in [1.165, 1.54) is 0 Å². The van der Waals surface area contributed by atoms with E-state index in [0.717, 1.165) is 42.6 Å². The molecule has 4 heterocycles. The molecular formula is C26H28N6O4. The first kappa shape index (κ1) is 22.5. The van der Waals surface area contributed by atoms with Crippen LogP contribution in [0.25, 0.3) is 10.9 Å². The SMILES string of the molecule is COc1ccc(Cn2nnnc2[C@@H](c2cc3cc4c(cc3[nH]c2=O)OCO4)N2CCC[C@@H](C)C2)cc1. The second-order valence-corrected chi connectivity index (χ2v) is 9.53. The molecule has 0 aliphatic carbocycles. The first-order chi connectivity index (χ1) is 17.6. The maximum Gasteiger partial charge on any atom is 0.253 e. The molecule has 1 saturated heterocycles. The standard InChI is InChI=1S/C26H28N6O4/c1-16-4-3-9-31(13-16)24(25-28-29-30-32(25)14-17-5-7-19(34-2)8-6-17)20-10-18-11-22-23(36-15-35-22)12-21(18)27-26(20)33/h5-8,10-12,16,24H,3-4,9,13-15H2,1-2H3,(H,27,33)/t16-,24-/m1/s1. The number of benzene rings is 2. The van der Waals surface area contributed by atoms with E-state index in [-0.39, 0.29) is 18.4 Å². The van der Waals surface area contributed by atoms with Crippen LogP contribution in [0.5, 0.6) is 17.2 Å². The Balaban J connectivity index is 1.44. The molecule has 10 heteroatoms. The van der Waals surface area contributed by atoms with Gasteiger partial charge in [-0.3, -0.25) is 9.69 Å². The molecule has 0 unspecified atom stereocenters. The smallest absolute Gasteiger partial charge is 0.253 e. The first-order valence-corrected chi connectivity index (χ1v) is 12.2. The van der Waals surface area contributed by atoms with Gasteiger partial charge >= 0.3 is 0 Å². The number of likely N-dealkylation sites (tertiary alicyclic amines) is 1. The van der Waals surface area contributed by atoms with Crippen LogP contribution in [0.15, 0.2) is 47.3 Å². The average Bonchev–Trinajstić information content (AvgIpc) is 3.53. The van der Waals surface area contributed by atoms with E-state index in [0.29, 0.717) is 40.9 Å². The monoisotopic (exact) mass is 488 g/mol. The zero-order chi connectivity index (χ0) is 24.6. The van der Waals surface area contributed by atoms with Gasteiger partial charge in [0.05, 0.1) is 19.2 Å². The maximum atomic E-state index is 13.5. The molecule has 1 fully saturated rings. The van der Waals surface area contributed by atoms with Gasteiger partial charge in [0.25, 0.3) is 5.56 Å². The number of nitrogens with one attached hydrogen (secondary N) is 1. The Kier molecular flexibility index (Phi) is 5.80. The Morgan fingerprint density at radius 3 is 2.75 bits per heavy atom. The topological polar surface area (TPSA) is 107 Å². The summed E-state index contributed by atoms with van der Waals surface area (Å²) in [4.78, 5) is 18.9. The first-order valence-electron chi connectivity index (χ1n) is 12.2. The van der Waals surface area contributed by atoms with E-state index in [9.17, 15) is 4.79 Å². The van der Waals surface area contributed by atoms with Crippen LogP contribution in [0.1, 0.15) is 42.8 Å². The molecule has 0 bridgehead atoms. The van der Waals surface area contributed by atoms with E-state index in [4.69, 9.17) is 14.2 Å². The number of nitrogens with zero attached hydrogens (tertiary/aromatic N) is 5. The molecule has 2 aliphatic heterocycles. The minimum Gasteiger partial charge on any atom is -0.497 e. The van der Waals surface area contributed by atoms with Crippen molar-refractivity contribution in [1.82, 2.24) is 30.1 Å². The third kappa shape index (κ3) is 4.17. The summed E-state index contributed by atoms with van der Waals surface area (Å²) in [6, 6.07) is 13.1. The van der Waals surface area contributed by atoms with Crippen LogP contribution in [0.3, 0.4) is 0 Å². The van der Waals surface area contributed by atoms with Crippen LogP contribution in [-0.2, 0) is 6.54 Å². The van der Waals surface area contributed by atoms with Crippen molar-refractivity contribution >= 4 is 10.9 Å². The van der Waals surface area contributed by atoms with Crippen LogP contribution in [0, 0.1) is 5.92 Å². The zero-order valence-corrected chi connectivity index (χ0v) is 20.3. The van der Waals surface area contributed by atoms with Gasteiger partial charge in [0.2, 0.25) is 6.79 Å². The molecule has 2 atom stereocenters. The Bertz CT molecular complexity index is 1450. The number of hydrogen-bond acceptors (Lipinski definition) is 8. The van der Waals surface area contributed by atoms with Gasteiger partial charge < -0.3 is 19.2 Å². The summed E-state index contributed by atoms with van der Waals surface area (Å²) in [6.07, 6.45) is 2.22. The molecule has 2 aliphatic rings. The minimum atomic E-state index is -0.389. The summed E-state index contributed by atoms with van der Waals surface area (Å²) in [5, 5.41) is 13.6. The molecule has 0 spiro atoms. The lowest BCUT2D eigenvalue weighted by molar-refractivity contribution is 0.141. The normalized spacial score (nSPS) is 18.4. The van der Waals surface area contributed by atoms with E-state index in [2.05, 4.69) is 32.3 Å². The molecule has 4 aromatic rings. The van der Waals surface area contributed by atoms with Crippen molar-refractivity contribution in [1.29, 1.82) is 0 Å². The number of rotatable bonds is 6. The number of pyridine rings is 1. The summed E-state index contributed by atoms with van der Waals surface area (Å²) in [6.45, 7) is 4.63. The Morgan fingerprint density at radius 1 is 1.17 bits per heavy atom. The van der Waals surface area contributed by atoms with Gasteiger partial charge in [-0.15, -0.1) is 5.10 Å². The number of hydrogen-bond donors (Lipinski definition) is 1. The summed E-state index contributed by atoms with van der Waals surface area (Å²) in [5.41, 5.74) is 2.19. The second-order valence-electron chi connectivity index (χ2n) is 9.53. The van der Waals surface area contributed by atoms with Crippen LogP contribution in [0.4, 0.5) is 0 Å². The Morgan fingerprint density at radius 2 is 1.97 bits per heavy atom. The van der Waals surface area contributed by atoms with Crippen molar-refractivity contribution in [2.45, 2.75) is 32.4 Å². The molecule has 186 valence electrons. The predicted molar refractivity (Wildman–Crippen MR) is 132 cm³/mol. The van der Waals surface area contributed by atoms with Crippen molar-refractivity contribution in [2.24, 2.45) is 5.92 Å². The van der Waals surface area contributed by atoms with Crippen molar-refractivity contribution in [3.8, 4) is 17.2 Å². The van der Waals surface area contributed by atoms with Crippen LogP contribution >= 0.6 is 0 Å². The van der Waals surface area contributed by atoms with E-state index < -0.39 is 0 Å². The average molecular weight is 489 g/mol. The third-order valence-electron chi connectivity index (χ3n) is 7.01. The summed E-state index contributed by atoms with van der Waals surface area (Å²) in [7, 11) is 1.65. The highest BCUT2D eigenvalue weighted by atomic mass is 16.7. The number of ether oxygens (including phenoxy) is 3. The Labute approximate surface area is 207 Å². The van der Waals surface area contributed by atoms with Gasteiger partial charge in [-0.05, 0) is 65.6 Å². The number of fused-ring (bicyclic) bond motifs is 2. The van der Waals surface area contributed by atoms with Crippen molar-refractivity contribution in [3.05, 3.63) is 69.8 Å².